The van der Waals surface area contributed by atoms with Gasteiger partial charge in [-0.25, -0.2) is 13.2 Å². The number of halogens is 3. The fraction of sp³-hybridized carbons (Fsp3) is 0.143. The molecular weight excluding hydrogens is 225 g/mol. The summed E-state index contributed by atoms with van der Waals surface area (Å²) in [5.74, 6) is -1.32. The van der Waals surface area contributed by atoms with Crippen LogP contribution >= 0.6 is 0 Å². The summed E-state index contributed by atoms with van der Waals surface area (Å²) in [6.45, 7) is 1.39. The van der Waals surface area contributed by atoms with Gasteiger partial charge in [0.1, 0.15) is 17.8 Å². The van der Waals surface area contributed by atoms with Crippen molar-refractivity contribution >= 4 is 0 Å². The summed E-state index contributed by atoms with van der Waals surface area (Å²) in [6.07, 6.45) is -1.20. The van der Waals surface area contributed by atoms with Gasteiger partial charge in [-0.3, -0.25) is 0 Å². The van der Waals surface area contributed by atoms with Gasteiger partial charge in [0.25, 0.3) is 0 Å². The summed E-state index contributed by atoms with van der Waals surface area (Å²) >= 11 is 0. The Hall–Kier alpha value is -1.77. The maximum Gasteiger partial charge on any atom is 0.133 e. The molecule has 0 aliphatic heterocycles. The van der Waals surface area contributed by atoms with Crippen molar-refractivity contribution in [3.63, 3.8) is 0 Å². The van der Waals surface area contributed by atoms with Crippen LogP contribution in [-0.4, -0.2) is 0 Å². The molecule has 17 heavy (non-hydrogen) atoms. The molecule has 0 aliphatic rings. The summed E-state index contributed by atoms with van der Waals surface area (Å²) in [4.78, 5) is 0. The van der Waals surface area contributed by atoms with Gasteiger partial charge in [0.15, 0.2) is 0 Å². The minimum Gasteiger partial charge on any atom is -0.243 e. The summed E-state index contributed by atoms with van der Waals surface area (Å²) in [7, 11) is 0. The molecule has 0 bridgehead atoms. The zero-order valence-electron chi connectivity index (χ0n) is 9.25. The van der Waals surface area contributed by atoms with Crippen LogP contribution in [0.3, 0.4) is 0 Å². The zero-order valence-corrected chi connectivity index (χ0v) is 9.25. The average Bonchev–Trinajstić information content (AvgIpc) is 2.29. The lowest BCUT2D eigenvalue weighted by molar-refractivity contribution is 0.375. The molecule has 88 valence electrons. The molecule has 0 amide bonds. The Morgan fingerprint density at radius 2 is 1.65 bits per heavy atom. The maximum atomic E-state index is 13.6. The van der Waals surface area contributed by atoms with E-state index in [9.17, 15) is 13.2 Å². The Kier molecular flexibility index (Phi) is 3.18. The monoisotopic (exact) mass is 236 g/mol. The Labute approximate surface area is 97.7 Å². The van der Waals surface area contributed by atoms with Crippen molar-refractivity contribution in [3.05, 3.63) is 59.7 Å². The van der Waals surface area contributed by atoms with E-state index in [0.29, 0.717) is 11.1 Å². The molecule has 0 spiro atoms. The fourth-order valence-electron chi connectivity index (χ4n) is 1.80. The maximum absolute atomic E-state index is 13.6. The molecular formula is C14H11F3. The fourth-order valence-corrected chi connectivity index (χ4v) is 1.80. The van der Waals surface area contributed by atoms with Crippen LogP contribution < -0.4 is 0 Å². The molecule has 0 heterocycles. The third kappa shape index (κ3) is 2.33. The first-order valence-electron chi connectivity index (χ1n) is 5.28. The Morgan fingerprint density at radius 3 is 2.29 bits per heavy atom. The van der Waals surface area contributed by atoms with Gasteiger partial charge in [-0.15, -0.1) is 0 Å². The smallest absolute Gasteiger partial charge is 0.133 e. The number of alkyl halides is 1. The first-order chi connectivity index (χ1) is 8.09. The first kappa shape index (κ1) is 11.7. The molecule has 0 aliphatic carbocycles. The molecule has 2 aromatic carbocycles. The molecule has 0 radical (unpaired) electrons. The quantitative estimate of drug-likeness (QED) is 0.711. The van der Waals surface area contributed by atoms with Crippen LogP contribution in [0.2, 0.25) is 0 Å². The van der Waals surface area contributed by atoms with Crippen LogP contribution in [0.25, 0.3) is 11.1 Å². The molecule has 3 heteroatoms. The first-order valence-corrected chi connectivity index (χ1v) is 5.28. The molecule has 2 rings (SSSR count). The minimum absolute atomic E-state index is 0.214. The van der Waals surface area contributed by atoms with Gasteiger partial charge in [-0.1, -0.05) is 24.3 Å². The Morgan fingerprint density at radius 1 is 0.941 bits per heavy atom. The van der Waals surface area contributed by atoms with Gasteiger partial charge in [0.05, 0.1) is 0 Å². The SMILES string of the molecule is CC(F)c1ccccc1-c1ccc(F)cc1F. The summed E-state index contributed by atoms with van der Waals surface area (Å²) in [5, 5.41) is 0. The molecule has 0 N–H and O–H groups in total. The van der Waals surface area contributed by atoms with E-state index in [1.807, 2.05) is 0 Å². The predicted molar refractivity (Wildman–Crippen MR) is 61.3 cm³/mol. The van der Waals surface area contributed by atoms with Gasteiger partial charge >= 0.3 is 0 Å². The Bertz CT molecular complexity index is 533. The second kappa shape index (κ2) is 4.62. The van der Waals surface area contributed by atoms with Crippen molar-refractivity contribution in [2.24, 2.45) is 0 Å². The highest BCUT2D eigenvalue weighted by Gasteiger charge is 2.13. The van der Waals surface area contributed by atoms with E-state index in [4.69, 9.17) is 0 Å². The molecule has 0 saturated carbocycles. The molecule has 2 aromatic rings. The van der Waals surface area contributed by atoms with E-state index >= 15 is 0 Å². The number of hydrogen-bond acceptors (Lipinski definition) is 0. The predicted octanol–water partition coefficient (Wildman–Crippen LogP) is 4.66. The minimum atomic E-state index is -1.20. The van der Waals surface area contributed by atoms with E-state index in [1.54, 1.807) is 24.3 Å². The van der Waals surface area contributed by atoms with Gasteiger partial charge in [-0.2, -0.15) is 0 Å². The third-order valence-corrected chi connectivity index (χ3v) is 2.61. The van der Waals surface area contributed by atoms with Gasteiger partial charge in [0.2, 0.25) is 0 Å². The van der Waals surface area contributed by atoms with Crippen LogP contribution in [0.15, 0.2) is 42.5 Å². The van der Waals surface area contributed by atoms with Crippen molar-refractivity contribution in [2.75, 3.05) is 0 Å². The highest BCUT2D eigenvalue weighted by Crippen LogP contribution is 2.31. The molecule has 0 saturated heterocycles. The van der Waals surface area contributed by atoms with Crippen LogP contribution in [0.5, 0.6) is 0 Å². The van der Waals surface area contributed by atoms with E-state index in [-0.39, 0.29) is 5.56 Å². The summed E-state index contributed by atoms with van der Waals surface area (Å²) in [6, 6.07) is 9.91. The van der Waals surface area contributed by atoms with Crippen LogP contribution in [0.1, 0.15) is 18.7 Å². The topological polar surface area (TPSA) is 0 Å². The molecule has 1 atom stereocenters. The molecule has 0 fully saturated rings. The van der Waals surface area contributed by atoms with Crippen molar-refractivity contribution in [2.45, 2.75) is 13.1 Å². The normalized spacial score (nSPS) is 12.5. The van der Waals surface area contributed by atoms with Crippen molar-refractivity contribution in [1.82, 2.24) is 0 Å². The number of benzene rings is 2. The van der Waals surface area contributed by atoms with Gasteiger partial charge < -0.3 is 0 Å². The van der Waals surface area contributed by atoms with Gasteiger partial charge in [-0.05, 0) is 30.2 Å². The summed E-state index contributed by atoms with van der Waals surface area (Å²) in [5.41, 5.74) is 1.07. The van der Waals surface area contributed by atoms with Gasteiger partial charge in [0, 0.05) is 11.6 Å². The molecule has 0 nitrogen and oxygen atoms in total. The molecule has 0 aromatic heterocycles. The largest absolute Gasteiger partial charge is 0.243 e. The summed E-state index contributed by atoms with van der Waals surface area (Å²) < 4.78 is 39.8. The van der Waals surface area contributed by atoms with Crippen LogP contribution in [0, 0.1) is 11.6 Å². The molecule has 1 unspecified atom stereocenters. The lowest BCUT2D eigenvalue weighted by Gasteiger charge is -2.11. The average molecular weight is 236 g/mol. The number of hydrogen-bond donors (Lipinski definition) is 0. The van der Waals surface area contributed by atoms with Crippen molar-refractivity contribution < 1.29 is 13.2 Å². The van der Waals surface area contributed by atoms with E-state index in [0.717, 1.165) is 12.1 Å². The van der Waals surface area contributed by atoms with E-state index < -0.39 is 17.8 Å². The zero-order chi connectivity index (χ0) is 12.4. The second-order valence-electron chi connectivity index (χ2n) is 3.83. The standard InChI is InChI=1S/C14H11F3/c1-9(15)11-4-2-3-5-12(11)13-7-6-10(16)8-14(13)17/h2-9H,1H3. The highest BCUT2D eigenvalue weighted by atomic mass is 19.1. The lowest BCUT2D eigenvalue weighted by Crippen LogP contribution is -1.93. The second-order valence-corrected chi connectivity index (χ2v) is 3.83. The number of rotatable bonds is 2. The van der Waals surface area contributed by atoms with Crippen LogP contribution in [-0.2, 0) is 0 Å². The Balaban J connectivity index is 2.60. The third-order valence-electron chi connectivity index (χ3n) is 2.61. The van der Waals surface area contributed by atoms with E-state index in [2.05, 4.69) is 0 Å². The van der Waals surface area contributed by atoms with Crippen molar-refractivity contribution in [1.29, 1.82) is 0 Å². The highest BCUT2D eigenvalue weighted by molar-refractivity contribution is 5.68. The van der Waals surface area contributed by atoms with Crippen molar-refractivity contribution in [3.8, 4) is 11.1 Å². The lowest BCUT2D eigenvalue weighted by atomic mass is 9.97. The van der Waals surface area contributed by atoms with E-state index in [1.165, 1.54) is 13.0 Å². The van der Waals surface area contributed by atoms with Crippen LogP contribution in [0.4, 0.5) is 13.2 Å².